The molecule has 26 heavy (non-hydrogen) atoms. The Kier molecular flexibility index (Phi) is 5.96. The molecule has 1 fully saturated rings. The molecular weight excluding hydrogens is 370 g/mol. The van der Waals surface area contributed by atoms with Gasteiger partial charge in [-0.3, -0.25) is 4.18 Å². The summed E-state index contributed by atoms with van der Waals surface area (Å²) in [4.78, 5) is 10.6. The van der Waals surface area contributed by atoms with Crippen LogP contribution in [0.25, 0.3) is 0 Å². The van der Waals surface area contributed by atoms with Crippen LogP contribution in [0.5, 0.6) is 0 Å². The van der Waals surface area contributed by atoms with Crippen molar-refractivity contribution in [1.82, 2.24) is 9.88 Å². The lowest BCUT2D eigenvalue weighted by atomic mass is 10.2. The first-order chi connectivity index (χ1) is 12.3. The Bertz CT molecular complexity index is 839. The predicted molar refractivity (Wildman–Crippen MR) is 105 cm³/mol. The molecule has 2 aromatic rings. The predicted octanol–water partition coefficient (Wildman–Crippen LogP) is 2.46. The van der Waals surface area contributed by atoms with Crippen molar-refractivity contribution in [1.29, 1.82) is 0 Å². The zero-order valence-electron chi connectivity index (χ0n) is 15.4. The fourth-order valence-electron chi connectivity index (χ4n) is 2.80. The van der Waals surface area contributed by atoms with E-state index in [0.29, 0.717) is 6.42 Å². The van der Waals surface area contributed by atoms with Gasteiger partial charge in [0.15, 0.2) is 5.13 Å². The van der Waals surface area contributed by atoms with E-state index in [2.05, 4.69) is 16.8 Å². The van der Waals surface area contributed by atoms with Crippen LogP contribution in [0.1, 0.15) is 16.1 Å². The molecular formula is C18H25N3O3S2. The average Bonchev–Trinajstić information content (AvgIpc) is 2.97. The molecule has 1 saturated heterocycles. The second-order valence-electron chi connectivity index (χ2n) is 6.63. The van der Waals surface area contributed by atoms with Gasteiger partial charge in [-0.15, -0.1) is 11.3 Å². The molecule has 142 valence electrons. The Labute approximate surface area is 159 Å². The molecule has 8 heteroatoms. The van der Waals surface area contributed by atoms with Gasteiger partial charge in [0.25, 0.3) is 10.1 Å². The molecule has 1 aliphatic rings. The van der Waals surface area contributed by atoms with Crippen LogP contribution in [-0.2, 0) is 20.7 Å². The monoisotopic (exact) mass is 395 g/mol. The van der Waals surface area contributed by atoms with Crippen LogP contribution in [0.3, 0.4) is 0 Å². The summed E-state index contributed by atoms with van der Waals surface area (Å²) in [5, 5.41) is 1.02. The molecule has 1 aromatic carbocycles. The van der Waals surface area contributed by atoms with Crippen LogP contribution in [0.15, 0.2) is 29.2 Å². The van der Waals surface area contributed by atoms with E-state index in [4.69, 9.17) is 9.17 Å². The third-order valence-electron chi connectivity index (χ3n) is 4.54. The van der Waals surface area contributed by atoms with E-state index in [-0.39, 0.29) is 11.5 Å². The number of hydrogen-bond acceptors (Lipinski definition) is 7. The molecule has 3 rings (SSSR count). The summed E-state index contributed by atoms with van der Waals surface area (Å²) in [6.45, 7) is 8.06. The van der Waals surface area contributed by atoms with Gasteiger partial charge >= 0.3 is 0 Å². The molecule has 0 N–H and O–H groups in total. The molecule has 0 bridgehead atoms. The van der Waals surface area contributed by atoms with E-state index in [1.807, 2.05) is 13.8 Å². The first-order valence-corrected chi connectivity index (χ1v) is 10.9. The SMILES string of the molecule is Cc1ccc(S(=O)(=O)OCCc2nc(N3CCN(C)CC3)sc2C)cc1. The first-order valence-electron chi connectivity index (χ1n) is 8.71. The summed E-state index contributed by atoms with van der Waals surface area (Å²) in [7, 11) is -1.59. The van der Waals surface area contributed by atoms with Crippen molar-refractivity contribution in [3.63, 3.8) is 0 Å². The highest BCUT2D eigenvalue weighted by molar-refractivity contribution is 7.86. The Morgan fingerprint density at radius 3 is 2.42 bits per heavy atom. The summed E-state index contributed by atoms with van der Waals surface area (Å²) >= 11 is 1.67. The second kappa shape index (κ2) is 8.04. The van der Waals surface area contributed by atoms with E-state index < -0.39 is 10.1 Å². The molecule has 0 radical (unpaired) electrons. The smallest absolute Gasteiger partial charge is 0.296 e. The maximum atomic E-state index is 12.2. The molecule has 0 spiro atoms. The number of piperazine rings is 1. The van der Waals surface area contributed by atoms with Gasteiger partial charge in [-0.25, -0.2) is 4.98 Å². The number of aryl methyl sites for hydroxylation is 2. The van der Waals surface area contributed by atoms with Crippen LogP contribution in [0.4, 0.5) is 5.13 Å². The highest BCUT2D eigenvalue weighted by Crippen LogP contribution is 2.27. The van der Waals surface area contributed by atoms with Crippen LogP contribution in [-0.4, -0.2) is 58.1 Å². The van der Waals surface area contributed by atoms with Crippen molar-refractivity contribution < 1.29 is 12.6 Å². The maximum absolute atomic E-state index is 12.2. The summed E-state index contributed by atoms with van der Waals surface area (Å²) < 4.78 is 29.7. The number of likely N-dealkylation sites (N-methyl/N-ethyl adjacent to an activating group) is 1. The van der Waals surface area contributed by atoms with Gasteiger partial charge in [-0.1, -0.05) is 17.7 Å². The topological polar surface area (TPSA) is 62.7 Å². The lowest BCUT2D eigenvalue weighted by molar-refractivity contribution is 0.312. The second-order valence-corrected chi connectivity index (χ2v) is 9.43. The number of nitrogens with zero attached hydrogens (tertiary/aromatic N) is 3. The number of hydrogen-bond donors (Lipinski definition) is 0. The van der Waals surface area contributed by atoms with Gasteiger partial charge in [0, 0.05) is 37.5 Å². The van der Waals surface area contributed by atoms with Gasteiger partial charge < -0.3 is 9.80 Å². The number of aromatic nitrogens is 1. The van der Waals surface area contributed by atoms with Crippen molar-refractivity contribution in [3.8, 4) is 0 Å². The van der Waals surface area contributed by atoms with Gasteiger partial charge in [-0.05, 0) is 33.0 Å². The quantitative estimate of drug-likeness (QED) is 0.700. The van der Waals surface area contributed by atoms with Gasteiger partial charge in [-0.2, -0.15) is 8.42 Å². The molecule has 0 atom stereocenters. The Morgan fingerprint density at radius 1 is 1.12 bits per heavy atom. The zero-order valence-corrected chi connectivity index (χ0v) is 17.1. The zero-order chi connectivity index (χ0) is 18.7. The van der Waals surface area contributed by atoms with Gasteiger partial charge in [0.05, 0.1) is 17.2 Å². The van der Waals surface area contributed by atoms with Crippen molar-refractivity contribution >= 4 is 26.6 Å². The molecule has 0 saturated carbocycles. The summed E-state index contributed by atoms with van der Waals surface area (Å²) in [5.41, 5.74) is 1.93. The number of thiazole rings is 1. The molecule has 1 aromatic heterocycles. The van der Waals surface area contributed by atoms with Crippen molar-refractivity contribution in [2.24, 2.45) is 0 Å². The molecule has 0 unspecified atom stereocenters. The number of anilines is 1. The van der Waals surface area contributed by atoms with E-state index in [0.717, 1.165) is 47.4 Å². The normalized spacial score (nSPS) is 16.2. The highest BCUT2D eigenvalue weighted by atomic mass is 32.2. The van der Waals surface area contributed by atoms with Crippen LogP contribution in [0, 0.1) is 13.8 Å². The molecule has 6 nitrogen and oxygen atoms in total. The summed E-state index contributed by atoms with van der Waals surface area (Å²) in [6, 6.07) is 6.68. The first kappa shape index (κ1) is 19.3. The Balaban J connectivity index is 1.59. The lowest BCUT2D eigenvalue weighted by Crippen LogP contribution is -2.44. The van der Waals surface area contributed by atoms with Gasteiger partial charge in [0.2, 0.25) is 0 Å². The minimum absolute atomic E-state index is 0.100. The van der Waals surface area contributed by atoms with E-state index >= 15 is 0 Å². The Hall–Kier alpha value is -1.48. The van der Waals surface area contributed by atoms with Crippen molar-refractivity contribution in [3.05, 3.63) is 40.4 Å². The molecule has 1 aliphatic heterocycles. The fraction of sp³-hybridized carbons (Fsp3) is 0.500. The van der Waals surface area contributed by atoms with Gasteiger partial charge in [0.1, 0.15) is 0 Å². The standard InChI is InChI=1S/C18H25N3O3S2/c1-14-4-6-16(7-5-14)26(22,23)24-13-8-17-15(2)25-18(19-17)21-11-9-20(3)10-12-21/h4-7H,8-13H2,1-3H3. The van der Waals surface area contributed by atoms with Crippen molar-refractivity contribution in [2.45, 2.75) is 25.2 Å². The fourth-order valence-corrected chi connectivity index (χ4v) is 4.71. The molecule has 2 heterocycles. The molecule has 0 aliphatic carbocycles. The van der Waals surface area contributed by atoms with E-state index in [9.17, 15) is 8.42 Å². The maximum Gasteiger partial charge on any atom is 0.296 e. The number of benzene rings is 1. The third kappa shape index (κ3) is 4.62. The highest BCUT2D eigenvalue weighted by Gasteiger charge is 2.20. The van der Waals surface area contributed by atoms with Crippen molar-refractivity contribution in [2.75, 3.05) is 44.7 Å². The summed E-state index contributed by atoms with van der Waals surface area (Å²) in [6.07, 6.45) is 0.487. The molecule has 0 amide bonds. The van der Waals surface area contributed by atoms with Crippen LogP contribution in [0.2, 0.25) is 0 Å². The average molecular weight is 396 g/mol. The lowest BCUT2D eigenvalue weighted by Gasteiger charge is -2.32. The largest absolute Gasteiger partial charge is 0.346 e. The number of rotatable bonds is 6. The Morgan fingerprint density at radius 2 is 1.77 bits per heavy atom. The van der Waals surface area contributed by atoms with Crippen LogP contribution < -0.4 is 4.90 Å². The minimum atomic E-state index is -3.72. The van der Waals surface area contributed by atoms with E-state index in [1.54, 1.807) is 35.6 Å². The minimum Gasteiger partial charge on any atom is -0.346 e. The van der Waals surface area contributed by atoms with Crippen LogP contribution >= 0.6 is 11.3 Å². The third-order valence-corrected chi connectivity index (χ3v) is 6.94. The summed E-state index contributed by atoms with van der Waals surface area (Å²) in [5.74, 6) is 0. The van der Waals surface area contributed by atoms with E-state index in [1.165, 1.54) is 0 Å².